The van der Waals surface area contributed by atoms with Crippen LogP contribution >= 0.6 is 0 Å². The van der Waals surface area contributed by atoms with Crippen molar-refractivity contribution in [1.29, 1.82) is 0 Å². The number of rotatable bonds is 5. The third kappa shape index (κ3) is 2.67. The minimum Gasteiger partial charge on any atom is -0.493 e. The maximum absolute atomic E-state index is 11.4. The van der Waals surface area contributed by atoms with Crippen LogP contribution in [0.3, 0.4) is 0 Å². The van der Waals surface area contributed by atoms with Gasteiger partial charge in [-0.25, -0.2) is 4.98 Å². The van der Waals surface area contributed by atoms with Crippen LogP contribution in [0.2, 0.25) is 0 Å². The van der Waals surface area contributed by atoms with Crippen LogP contribution in [0.25, 0.3) is 10.8 Å². The number of nitro benzene ring substituents is 1. The molecular weight excluding hydrogens is 276 g/mol. The summed E-state index contributed by atoms with van der Waals surface area (Å²) in [4.78, 5) is 15.0. The second kappa shape index (κ2) is 5.82. The Balaban J connectivity index is 2.85. The molecule has 1 heterocycles. The van der Waals surface area contributed by atoms with Gasteiger partial charge in [-0.05, 0) is 26.0 Å². The minimum absolute atomic E-state index is 0.0803. The van der Waals surface area contributed by atoms with Gasteiger partial charge in [0.1, 0.15) is 0 Å². The van der Waals surface area contributed by atoms with Gasteiger partial charge in [0, 0.05) is 6.20 Å². The Kier molecular flexibility index (Phi) is 4.11. The first-order chi connectivity index (χ1) is 9.99. The summed E-state index contributed by atoms with van der Waals surface area (Å²) in [6.07, 6.45) is 1.37. The summed E-state index contributed by atoms with van der Waals surface area (Å²) in [5.74, 6) is 0.668. The van der Waals surface area contributed by atoms with E-state index < -0.39 is 4.92 Å². The fourth-order valence-electron chi connectivity index (χ4n) is 2.08. The van der Waals surface area contributed by atoms with Gasteiger partial charge in [-0.3, -0.25) is 10.1 Å². The smallest absolute Gasteiger partial charge is 0.322 e. The van der Waals surface area contributed by atoms with E-state index in [-0.39, 0.29) is 23.3 Å². The van der Waals surface area contributed by atoms with Crippen molar-refractivity contribution in [2.75, 3.05) is 14.2 Å². The van der Waals surface area contributed by atoms with Gasteiger partial charge in [0.05, 0.1) is 36.0 Å². The summed E-state index contributed by atoms with van der Waals surface area (Å²) in [6, 6.07) is 3.19. The van der Waals surface area contributed by atoms with Crippen molar-refractivity contribution in [2.45, 2.75) is 20.0 Å². The molecule has 0 aliphatic rings. The lowest BCUT2D eigenvalue weighted by atomic mass is 10.1. The van der Waals surface area contributed by atoms with Crippen LogP contribution in [0.4, 0.5) is 5.69 Å². The molecule has 1 aromatic heterocycles. The quantitative estimate of drug-likeness (QED) is 0.622. The topological polar surface area (TPSA) is 83.7 Å². The summed E-state index contributed by atoms with van der Waals surface area (Å²) in [6.45, 7) is 3.71. The molecule has 0 aliphatic carbocycles. The van der Waals surface area contributed by atoms with Crippen LogP contribution in [-0.4, -0.2) is 30.2 Å². The highest BCUT2D eigenvalue weighted by Crippen LogP contribution is 2.44. The zero-order valence-corrected chi connectivity index (χ0v) is 12.2. The first-order valence-electron chi connectivity index (χ1n) is 6.34. The van der Waals surface area contributed by atoms with Crippen molar-refractivity contribution in [3.63, 3.8) is 0 Å². The Morgan fingerprint density at radius 2 is 1.95 bits per heavy atom. The predicted octanol–water partition coefficient (Wildman–Crippen LogP) is 2.95. The van der Waals surface area contributed by atoms with Crippen molar-refractivity contribution in [3.05, 3.63) is 28.4 Å². The lowest BCUT2D eigenvalue weighted by Crippen LogP contribution is -2.07. The van der Waals surface area contributed by atoms with Crippen molar-refractivity contribution >= 4 is 16.5 Å². The van der Waals surface area contributed by atoms with Gasteiger partial charge in [-0.2, -0.15) is 0 Å². The molecule has 0 bridgehead atoms. The third-order valence-corrected chi connectivity index (χ3v) is 2.88. The normalized spacial score (nSPS) is 10.7. The molecule has 7 nitrogen and oxygen atoms in total. The molecule has 0 unspecified atom stereocenters. The highest BCUT2D eigenvalue weighted by molar-refractivity contribution is 5.98. The van der Waals surface area contributed by atoms with E-state index in [9.17, 15) is 10.1 Å². The van der Waals surface area contributed by atoms with Crippen molar-refractivity contribution in [3.8, 4) is 17.4 Å². The van der Waals surface area contributed by atoms with Gasteiger partial charge in [-0.15, -0.1) is 0 Å². The standard InChI is InChI=1S/C14H16N2O5/c1-8(2)21-14-10-7-11(19-3)13(20-4)12(16(17)18)9(10)5-6-15-14/h5-8H,1-4H3. The third-order valence-electron chi connectivity index (χ3n) is 2.88. The predicted molar refractivity (Wildman–Crippen MR) is 77.3 cm³/mol. The number of hydrogen-bond acceptors (Lipinski definition) is 6. The molecule has 2 rings (SSSR count). The number of fused-ring (bicyclic) bond motifs is 1. The van der Waals surface area contributed by atoms with Crippen LogP contribution in [-0.2, 0) is 0 Å². The second-order valence-corrected chi connectivity index (χ2v) is 4.60. The van der Waals surface area contributed by atoms with E-state index in [1.165, 1.54) is 20.4 Å². The molecule has 2 aromatic rings. The Bertz CT molecular complexity index is 685. The minimum atomic E-state index is -0.497. The van der Waals surface area contributed by atoms with E-state index in [0.717, 1.165) is 0 Å². The number of nitrogens with zero attached hydrogens (tertiary/aromatic N) is 2. The van der Waals surface area contributed by atoms with Gasteiger partial charge in [0.2, 0.25) is 11.6 Å². The van der Waals surface area contributed by atoms with Crippen LogP contribution < -0.4 is 14.2 Å². The maximum atomic E-state index is 11.4. The van der Waals surface area contributed by atoms with Crippen molar-refractivity contribution < 1.29 is 19.1 Å². The molecule has 1 aromatic carbocycles. The molecule has 0 atom stereocenters. The van der Waals surface area contributed by atoms with E-state index in [2.05, 4.69) is 4.98 Å². The number of benzene rings is 1. The van der Waals surface area contributed by atoms with Crippen molar-refractivity contribution in [2.24, 2.45) is 0 Å². The molecule has 0 spiro atoms. The lowest BCUT2D eigenvalue weighted by molar-refractivity contribution is -0.384. The summed E-state index contributed by atoms with van der Waals surface area (Å²) in [7, 11) is 2.79. The van der Waals surface area contributed by atoms with Crippen LogP contribution in [0.1, 0.15) is 13.8 Å². The number of ether oxygens (including phenoxy) is 3. The van der Waals surface area contributed by atoms with E-state index in [4.69, 9.17) is 14.2 Å². The molecule has 0 N–H and O–H groups in total. The number of nitro groups is 1. The number of pyridine rings is 1. The van der Waals surface area contributed by atoms with E-state index in [1.807, 2.05) is 13.8 Å². The summed E-state index contributed by atoms with van der Waals surface area (Å²) in [5.41, 5.74) is -0.164. The molecule has 112 valence electrons. The van der Waals surface area contributed by atoms with Crippen LogP contribution in [0.15, 0.2) is 18.3 Å². The van der Waals surface area contributed by atoms with Gasteiger partial charge < -0.3 is 14.2 Å². The Labute approximate surface area is 121 Å². The lowest BCUT2D eigenvalue weighted by Gasteiger charge is -2.14. The first kappa shape index (κ1) is 14.8. The van der Waals surface area contributed by atoms with Crippen LogP contribution in [0, 0.1) is 10.1 Å². The van der Waals surface area contributed by atoms with Gasteiger partial charge in [-0.1, -0.05) is 0 Å². The Morgan fingerprint density at radius 3 is 2.48 bits per heavy atom. The first-order valence-corrected chi connectivity index (χ1v) is 6.34. The molecule has 0 fully saturated rings. The fraction of sp³-hybridized carbons (Fsp3) is 0.357. The number of methoxy groups -OCH3 is 2. The Morgan fingerprint density at radius 1 is 1.24 bits per heavy atom. The van der Waals surface area contributed by atoms with E-state index in [0.29, 0.717) is 16.7 Å². The van der Waals surface area contributed by atoms with Crippen LogP contribution in [0.5, 0.6) is 17.4 Å². The molecule has 0 aliphatic heterocycles. The highest BCUT2D eigenvalue weighted by Gasteiger charge is 2.26. The molecule has 0 radical (unpaired) electrons. The summed E-state index contributed by atoms with van der Waals surface area (Å²) >= 11 is 0. The van der Waals surface area contributed by atoms with Gasteiger partial charge >= 0.3 is 5.69 Å². The van der Waals surface area contributed by atoms with Gasteiger partial charge in [0.25, 0.3) is 0 Å². The highest BCUT2D eigenvalue weighted by atomic mass is 16.6. The van der Waals surface area contributed by atoms with E-state index in [1.54, 1.807) is 12.1 Å². The number of hydrogen-bond donors (Lipinski definition) is 0. The van der Waals surface area contributed by atoms with Crippen molar-refractivity contribution in [1.82, 2.24) is 4.98 Å². The second-order valence-electron chi connectivity index (χ2n) is 4.60. The SMILES string of the molecule is COc1cc2c(OC(C)C)nccc2c([N+](=O)[O-])c1OC. The largest absolute Gasteiger partial charge is 0.493 e. The van der Waals surface area contributed by atoms with E-state index >= 15 is 0 Å². The monoisotopic (exact) mass is 292 g/mol. The molecule has 0 saturated heterocycles. The van der Waals surface area contributed by atoms with Gasteiger partial charge in [0.15, 0.2) is 5.75 Å². The summed E-state index contributed by atoms with van der Waals surface area (Å²) < 4.78 is 15.9. The maximum Gasteiger partial charge on any atom is 0.322 e. The average Bonchev–Trinajstić information content (AvgIpc) is 2.44. The molecule has 0 saturated carbocycles. The molecule has 0 amide bonds. The Hall–Kier alpha value is -2.57. The molecule has 21 heavy (non-hydrogen) atoms. The zero-order valence-electron chi connectivity index (χ0n) is 12.2. The molecule has 7 heteroatoms. The fourth-order valence-corrected chi connectivity index (χ4v) is 2.08. The molecular formula is C14H16N2O5. The zero-order chi connectivity index (χ0) is 15.6. The average molecular weight is 292 g/mol. The summed E-state index contributed by atoms with van der Waals surface area (Å²) in [5, 5.41) is 12.3. The number of aromatic nitrogens is 1.